The van der Waals surface area contributed by atoms with Gasteiger partial charge in [0.15, 0.2) is 0 Å². The van der Waals surface area contributed by atoms with Crippen LogP contribution in [0.25, 0.3) is 0 Å². The lowest BCUT2D eigenvalue weighted by Crippen LogP contribution is -2.25. The van der Waals surface area contributed by atoms with E-state index >= 15 is 0 Å². The van der Waals surface area contributed by atoms with Crippen molar-refractivity contribution in [2.45, 2.75) is 25.3 Å². The molecule has 0 aromatic carbocycles. The lowest BCUT2D eigenvalue weighted by molar-refractivity contribution is 0.182. The Balaban J connectivity index is 1.75. The molecular formula is C10H16N2OS. The summed E-state index contributed by atoms with van der Waals surface area (Å²) >= 11 is 1.69. The summed E-state index contributed by atoms with van der Waals surface area (Å²) in [7, 11) is 0. The van der Waals surface area contributed by atoms with Gasteiger partial charge in [0.1, 0.15) is 0 Å². The average molecular weight is 212 g/mol. The number of hydrogen-bond acceptors (Lipinski definition) is 4. The second-order valence-electron chi connectivity index (χ2n) is 3.90. The highest BCUT2D eigenvalue weighted by Gasteiger charge is 2.18. The summed E-state index contributed by atoms with van der Waals surface area (Å²) in [6.07, 6.45) is 5.13. The summed E-state index contributed by atoms with van der Waals surface area (Å²) in [5.74, 6) is 0.679. The van der Waals surface area contributed by atoms with Crippen LogP contribution >= 0.6 is 11.3 Å². The van der Waals surface area contributed by atoms with Crippen molar-refractivity contribution >= 4 is 11.3 Å². The number of rotatable bonds is 4. The summed E-state index contributed by atoms with van der Waals surface area (Å²) in [5.41, 5.74) is 7.93. The molecule has 4 heteroatoms. The Morgan fingerprint density at radius 3 is 3.29 bits per heavy atom. The minimum Gasteiger partial charge on any atom is -0.381 e. The number of aromatic nitrogens is 1. The molecule has 78 valence electrons. The predicted octanol–water partition coefficient (Wildman–Crippen LogP) is 1.44. The lowest BCUT2D eigenvalue weighted by Gasteiger charge is -2.13. The Hall–Kier alpha value is -0.450. The molecule has 2 unspecified atom stereocenters. The molecule has 0 spiro atoms. The van der Waals surface area contributed by atoms with Crippen molar-refractivity contribution in [3.05, 3.63) is 16.6 Å². The van der Waals surface area contributed by atoms with Crippen molar-refractivity contribution in [1.29, 1.82) is 0 Å². The molecule has 0 aliphatic carbocycles. The zero-order valence-corrected chi connectivity index (χ0v) is 9.00. The van der Waals surface area contributed by atoms with Crippen molar-refractivity contribution in [3.63, 3.8) is 0 Å². The van der Waals surface area contributed by atoms with Gasteiger partial charge in [0.05, 0.1) is 5.51 Å². The largest absolute Gasteiger partial charge is 0.381 e. The van der Waals surface area contributed by atoms with Crippen LogP contribution in [0.2, 0.25) is 0 Å². The third kappa shape index (κ3) is 2.77. The first-order chi connectivity index (χ1) is 6.84. The highest BCUT2D eigenvalue weighted by Crippen LogP contribution is 2.19. The molecule has 2 rings (SSSR count). The molecular weight excluding hydrogens is 196 g/mol. The van der Waals surface area contributed by atoms with E-state index in [9.17, 15) is 0 Å². The first kappa shape index (κ1) is 10.1. The number of ether oxygens (including phenoxy) is 1. The van der Waals surface area contributed by atoms with Crippen molar-refractivity contribution in [1.82, 2.24) is 4.98 Å². The van der Waals surface area contributed by atoms with E-state index in [0.717, 1.165) is 26.1 Å². The molecule has 0 bridgehead atoms. The summed E-state index contributed by atoms with van der Waals surface area (Å²) in [6.45, 7) is 1.81. The maximum Gasteiger partial charge on any atom is 0.0794 e. The molecule has 0 saturated carbocycles. The molecule has 1 fully saturated rings. The minimum atomic E-state index is 0.266. The Morgan fingerprint density at radius 1 is 1.71 bits per heavy atom. The van der Waals surface area contributed by atoms with Gasteiger partial charge in [0.2, 0.25) is 0 Å². The molecule has 2 N–H and O–H groups in total. The third-order valence-electron chi connectivity index (χ3n) is 2.61. The van der Waals surface area contributed by atoms with Gasteiger partial charge < -0.3 is 10.5 Å². The second-order valence-corrected chi connectivity index (χ2v) is 4.87. The van der Waals surface area contributed by atoms with E-state index in [1.54, 1.807) is 11.3 Å². The van der Waals surface area contributed by atoms with Crippen LogP contribution in [0.1, 0.15) is 17.7 Å². The van der Waals surface area contributed by atoms with Crippen molar-refractivity contribution in [2.75, 3.05) is 13.2 Å². The average Bonchev–Trinajstić information content (AvgIpc) is 2.76. The zero-order chi connectivity index (χ0) is 9.80. The quantitative estimate of drug-likeness (QED) is 0.821. The maximum absolute atomic E-state index is 6.07. The van der Waals surface area contributed by atoms with Gasteiger partial charge in [-0.1, -0.05) is 0 Å². The number of nitrogens with two attached hydrogens (primary N) is 1. The van der Waals surface area contributed by atoms with Gasteiger partial charge in [-0.3, -0.25) is 4.98 Å². The molecule has 1 aliphatic heterocycles. The minimum absolute atomic E-state index is 0.266. The topological polar surface area (TPSA) is 48.1 Å². The van der Waals surface area contributed by atoms with Gasteiger partial charge in [-0.15, -0.1) is 11.3 Å². The van der Waals surface area contributed by atoms with E-state index in [-0.39, 0.29) is 6.04 Å². The fraction of sp³-hybridized carbons (Fsp3) is 0.700. The van der Waals surface area contributed by atoms with Gasteiger partial charge in [-0.2, -0.15) is 0 Å². The molecule has 2 heterocycles. The monoisotopic (exact) mass is 212 g/mol. The van der Waals surface area contributed by atoms with Crippen LogP contribution in [0.4, 0.5) is 0 Å². The maximum atomic E-state index is 6.07. The Kier molecular flexibility index (Phi) is 3.50. The van der Waals surface area contributed by atoms with Crippen LogP contribution in [0, 0.1) is 5.92 Å². The van der Waals surface area contributed by atoms with Crippen LogP contribution in [0.15, 0.2) is 11.7 Å². The second kappa shape index (κ2) is 4.87. The van der Waals surface area contributed by atoms with Gasteiger partial charge in [-0.25, -0.2) is 0 Å². The molecule has 1 saturated heterocycles. The van der Waals surface area contributed by atoms with E-state index < -0.39 is 0 Å². The van der Waals surface area contributed by atoms with Crippen LogP contribution in [-0.4, -0.2) is 24.2 Å². The smallest absolute Gasteiger partial charge is 0.0794 e. The van der Waals surface area contributed by atoms with Gasteiger partial charge in [-0.05, 0) is 25.2 Å². The Bertz CT molecular complexity index is 257. The standard InChI is InChI=1S/C10H16N2OS/c11-9(3-8-1-2-13-6-8)4-10-5-12-7-14-10/h5,7-9H,1-4,6,11H2. The van der Waals surface area contributed by atoms with Crippen molar-refractivity contribution in [2.24, 2.45) is 11.7 Å². The molecule has 1 aromatic rings. The van der Waals surface area contributed by atoms with E-state index in [1.807, 2.05) is 11.7 Å². The Morgan fingerprint density at radius 2 is 2.64 bits per heavy atom. The molecule has 0 radical (unpaired) electrons. The molecule has 0 amide bonds. The summed E-state index contributed by atoms with van der Waals surface area (Å²) < 4.78 is 5.33. The van der Waals surface area contributed by atoms with Gasteiger partial charge in [0.25, 0.3) is 0 Å². The number of thiazole rings is 1. The van der Waals surface area contributed by atoms with E-state index in [1.165, 1.54) is 11.3 Å². The molecule has 1 aromatic heterocycles. The fourth-order valence-electron chi connectivity index (χ4n) is 1.88. The highest BCUT2D eigenvalue weighted by molar-refractivity contribution is 7.09. The van der Waals surface area contributed by atoms with Crippen molar-refractivity contribution < 1.29 is 4.74 Å². The SMILES string of the molecule is NC(Cc1cncs1)CC1CCOC1. The van der Waals surface area contributed by atoms with Gasteiger partial charge >= 0.3 is 0 Å². The van der Waals surface area contributed by atoms with Crippen LogP contribution in [0.3, 0.4) is 0 Å². The summed E-state index contributed by atoms with van der Waals surface area (Å²) in [5, 5.41) is 0. The first-order valence-corrected chi connectivity index (χ1v) is 5.93. The van der Waals surface area contributed by atoms with Crippen LogP contribution in [-0.2, 0) is 11.2 Å². The summed E-state index contributed by atoms with van der Waals surface area (Å²) in [6, 6.07) is 0.266. The lowest BCUT2D eigenvalue weighted by atomic mass is 9.98. The van der Waals surface area contributed by atoms with Crippen molar-refractivity contribution in [3.8, 4) is 0 Å². The predicted molar refractivity (Wildman–Crippen MR) is 57.3 cm³/mol. The van der Waals surface area contributed by atoms with E-state index in [4.69, 9.17) is 10.5 Å². The highest BCUT2D eigenvalue weighted by atomic mass is 32.1. The molecule has 14 heavy (non-hydrogen) atoms. The zero-order valence-electron chi connectivity index (χ0n) is 8.19. The Labute approximate surface area is 88.3 Å². The molecule has 1 aliphatic rings. The van der Waals surface area contributed by atoms with E-state index in [0.29, 0.717) is 5.92 Å². The fourth-order valence-corrected chi connectivity index (χ4v) is 2.57. The van der Waals surface area contributed by atoms with E-state index in [2.05, 4.69) is 4.98 Å². The molecule has 3 nitrogen and oxygen atoms in total. The van der Waals surface area contributed by atoms with Crippen LogP contribution < -0.4 is 5.73 Å². The molecule has 2 atom stereocenters. The normalized spacial score (nSPS) is 23.9. The number of nitrogens with zero attached hydrogens (tertiary/aromatic N) is 1. The summed E-state index contributed by atoms with van der Waals surface area (Å²) in [4.78, 5) is 5.33. The third-order valence-corrected chi connectivity index (χ3v) is 3.41. The van der Waals surface area contributed by atoms with Crippen LogP contribution in [0.5, 0.6) is 0 Å². The first-order valence-electron chi connectivity index (χ1n) is 5.05. The van der Waals surface area contributed by atoms with Gasteiger partial charge in [0, 0.05) is 30.3 Å². The number of hydrogen-bond donors (Lipinski definition) is 1.